The third-order valence-electron chi connectivity index (χ3n) is 3.82. The maximum atomic E-state index is 13.6. The zero-order chi connectivity index (χ0) is 14.8. The maximum Gasteiger partial charge on any atom is 0.245 e. The SMILES string of the molecule is NCC1CCCN(c2n[nH]c(-c3cccc(F)c3Br)n2)C1. The molecule has 21 heavy (non-hydrogen) atoms. The lowest BCUT2D eigenvalue weighted by molar-refractivity contribution is 0.420. The Balaban J connectivity index is 1.85. The number of aromatic nitrogens is 3. The van der Waals surface area contributed by atoms with Crippen molar-refractivity contribution < 1.29 is 4.39 Å². The van der Waals surface area contributed by atoms with Crippen LogP contribution < -0.4 is 10.6 Å². The molecule has 0 saturated carbocycles. The summed E-state index contributed by atoms with van der Waals surface area (Å²) >= 11 is 3.25. The highest BCUT2D eigenvalue weighted by Gasteiger charge is 2.22. The van der Waals surface area contributed by atoms with Gasteiger partial charge in [0.1, 0.15) is 5.82 Å². The van der Waals surface area contributed by atoms with Crippen molar-refractivity contribution in [2.24, 2.45) is 11.7 Å². The van der Waals surface area contributed by atoms with Crippen LogP contribution in [-0.4, -0.2) is 34.8 Å². The van der Waals surface area contributed by atoms with Crippen molar-refractivity contribution >= 4 is 21.9 Å². The van der Waals surface area contributed by atoms with Gasteiger partial charge in [0.05, 0.1) is 4.47 Å². The molecule has 1 aliphatic rings. The summed E-state index contributed by atoms with van der Waals surface area (Å²) in [6.07, 6.45) is 2.25. The summed E-state index contributed by atoms with van der Waals surface area (Å²) in [5.74, 6) is 1.39. The number of hydrogen-bond donors (Lipinski definition) is 2. The van der Waals surface area contributed by atoms with E-state index in [1.807, 2.05) is 0 Å². The molecule has 1 aromatic heterocycles. The van der Waals surface area contributed by atoms with Gasteiger partial charge in [0.25, 0.3) is 0 Å². The van der Waals surface area contributed by atoms with Crippen LogP contribution in [0.1, 0.15) is 12.8 Å². The number of nitrogens with one attached hydrogen (secondary N) is 1. The van der Waals surface area contributed by atoms with Gasteiger partial charge in [-0.2, -0.15) is 4.98 Å². The number of hydrogen-bond acceptors (Lipinski definition) is 4. The van der Waals surface area contributed by atoms with Gasteiger partial charge in [0, 0.05) is 18.7 Å². The van der Waals surface area contributed by atoms with Gasteiger partial charge in [-0.05, 0) is 53.4 Å². The standard InChI is InChI=1S/C14H17BrFN5/c15-12-10(4-1-5-11(12)16)13-18-14(20-19-13)21-6-2-3-9(7-17)8-21/h1,4-5,9H,2-3,6-8,17H2,(H,18,19,20). The fourth-order valence-electron chi connectivity index (χ4n) is 2.64. The van der Waals surface area contributed by atoms with Crippen LogP contribution in [0.15, 0.2) is 22.7 Å². The topological polar surface area (TPSA) is 70.8 Å². The fourth-order valence-corrected chi connectivity index (χ4v) is 3.09. The molecule has 0 aliphatic carbocycles. The molecular weight excluding hydrogens is 337 g/mol. The quantitative estimate of drug-likeness (QED) is 0.889. The molecule has 1 unspecified atom stereocenters. The molecule has 2 aromatic rings. The number of rotatable bonds is 3. The first-order valence-electron chi connectivity index (χ1n) is 7.01. The van der Waals surface area contributed by atoms with E-state index < -0.39 is 0 Å². The summed E-state index contributed by atoms with van der Waals surface area (Å²) in [5.41, 5.74) is 6.42. The van der Waals surface area contributed by atoms with Crippen LogP contribution in [0, 0.1) is 11.7 Å². The molecule has 1 aliphatic heterocycles. The normalized spacial score (nSPS) is 19.0. The number of aromatic amines is 1. The zero-order valence-electron chi connectivity index (χ0n) is 11.5. The highest BCUT2D eigenvalue weighted by atomic mass is 79.9. The Labute approximate surface area is 130 Å². The second-order valence-electron chi connectivity index (χ2n) is 5.28. The lowest BCUT2D eigenvalue weighted by atomic mass is 9.99. The minimum atomic E-state index is -0.313. The fraction of sp³-hybridized carbons (Fsp3) is 0.429. The van der Waals surface area contributed by atoms with Gasteiger partial charge in [0.15, 0.2) is 5.82 Å². The van der Waals surface area contributed by atoms with E-state index in [9.17, 15) is 4.39 Å². The average Bonchev–Trinajstić information content (AvgIpc) is 3.00. The molecule has 0 spiro atoms. The summed E-state index contributed by atoms with van der Waals surface area (Å²) in [4.78, 5) is 6.63. The molecule has 7 heteroatoms. The van der Waals surface area contributed by atoms with E-state index in [-0.39, 0.29) is 5.82 Å². The maximum absolute atomic E-state index is 13.6. The van der Waals surface area contributed by atoms with Gasteiger partial charge in [-0.3, -0.25) is 5.10 Å². The first kappa shape index (κ1) is 14.5. The van der Waals surface area contributed by atoms with E-state index >= 15 is 0 Å². The Morgan fingerprint density at radius 3 is 3.14 bits per heavy atom. The number of nitrogens with zero attached hydrogens (tertiary/aromatic N) is 3. The van der Waals surface area contributed by atoms with E-state index in [2.05, 4.69) is 36.0 Å². The zero-order valence-corrected chi connectivity index (χ0v) is 13.1. The van der Waals surface area contributed by atoms with Crippen LogP contribution in [0.5, 0.6) is 0 Å². The third kappa shape index (κ3) is 2.94. The molecule has 3 N–H and O–H groups in total. The van der Waals surface area contributed by atoms with Gasteiger partial charge in [0.2, 0.25) is 5.95 Å². The largest absolute Gasteiger partial charge is 0.339 e. The Hall–Kier alpha value is -1.47. The van der Waals surface area contributed by atoms with Crippen molar-refractivity contribution in [3.8, 4) is 11.4 Å². The van der Waals surface area contributed by atoms with Crippen LogP contribution in [0.25, 0.3) is 11.4 Å². The number of piperidine rings is 1. The van der Waals surface area contributed by atoms with Gasteiger partial charge in [-0.15, -0.1) is 5.10 Å². The van der Waals surface area contributed by atoms with Crippen LogP contribution in [0.4, 0.5) is 10.3 Å². The second-order valence-corrected chi connectivity index (χ2v) is 6.07. The van der Waals surface area contributed by atoms with E-state index in [1.54, 1.807) is 12.1 Å². The number of anilines is 1. The van der Waals surface area contributed by atoms with Gasteiger partial charge in [-0.1, -0.05) is 6.07 Å². The molecule has 0 radical (unpaired) electrons. The van der Waals surface area contributed by atoms with Crippen molar-refractivity contribution in [1.29, 1.82) is 0 Å². The van der Waals surface area contributed by atoms with Crippen molar-refractivity contribution in [2.75, 3.05) is 24.5 Å². The number of halogens is 2. The molecule has 0 amide bonds. The molecule has 1 aromatic carbocycles. The van der Waals surface area contributed by atoms with E-state index in [0.29, 0.717) is 34.3 Å². The van der Waals surface area contributed by atoms with Crippen molar-refractivity contribution in [2.45, 2.75) is 12.8 Å². The molecule has 2 heterocycles. The van der Waals surface area contributed by atoms with Gasteiger partial charge < -0.3 is 10.6 Å². The van der Waals surface area contributed by atoms with Gasteiger partial charge in [-0.25, -0.2) is 4.39 Å². The number of benzene rings is 1. The molecule has 1 atom stereocenters. The van der Waals surface area contributed by atoms with Crippen molar-refractivity contribution in [1.82, 2.24) is 15.2 Å². The summed E-state index contributed by atoms with van der Waals surface area (Å²) in [6.45, 7) is 2.49. The lowest BCUT2D eigenvalue weighted by Gasteiger charge is -2.31. The lowest BCUT2D eigenvalue weighted by Crippen LogP contribution is -2.38. The summed E-state index contributed by atoms with van der Waals surface area (Å²) in [7, 11) is 0. The minimum absolute atomic E-state index is 0.313. The molecule has 0 bridgehead atoms. The highest BCUT2D eigenvalue weighted by Crippen LogP contribution is 2.29. The van der Waals surface area contributed by atoms with Crippen LogP contribution >= 0.6 is 15.9 Å². The molecule has 1 fully saturated rings. The summed E-state index contributed by atoms with van der Waals surface area (Å²) in [6, 6.07) is 4.86. The Kier molecular flexibility index (Phi) is 4.21. The monoisotopic (exact) mass is 353 g/mol. The second kappa shape index (κ2) is 6.11. The van der Waals surface area contributed by atoms with E-state index in [1.165, 1.54) is 6.07 Å². The molecule has 112 valence electrons. The summed E-state index contributed by atoms with van der Waals surface area (Å²) < 4.78 is 14.0. The highest BCUT2D eigenvalue weighted by molar-refractivity contribution is 9.10. The predicted octanol–water partition coefficient (Wildman–Crippen LogP) is 2.55. The first-order chi connectivity index (χ1) is 10.2. The predicted molar refractivity (Wildman–Crippen MR) is 83.5 cm³/mol. The van der Waals surface area contributed by atoms with Crippen LogP contribution in [-0.2, 0) is 0 Å². The molecular formula is C14H17BrFN5. The van der Waals surface area contributed by atoms with Crippen molar-refractivity contribution in [3.05, 3.63) is 28.5 Å². The molecule has 1 saturated heterocycles. The summed E-state index contributed by atoms with van der Waals surface area (Å²) in [5, 5.41) is 7.15. The minimum Gasteiger partial charge on any atom is -0.339 e. The average molecular weight is 354 g/mol. The van der Waals surface area contributed by atoms with E-state index in [4.69, 9.17) is 5.73 Å². The Morgan fingerprint density at radius 2 is 2.33 bits per heavy atom. The van der Waals surface area contributed by atoms with Crippen molar-refractivity contribution in [3.63, 3.8) is 0 Å². The third-order valence-corrected chi connectivity index (χ3v) is 4.62. The van der Waals surface area contributed by atoms with E-state index in [0.717, 1.165) is 25.9 Å². The Bertz CT molecular complexity index is 630. The number of nitrogens with two attached hydrogens (primary N) is 1. The van der Waals surface area contributed by atoms with Gasteiger partial charge >= 0.3 is 0 Å². The van der Waals surface area contributed by atoms with Crippen LogP contribution in [0.2, 0.25) is 0 Å². The molecule has 5 nitrogen and oxygen atoms in total. The molecule has 3 rings (SSSR count). The number of H-pyrrole nitrogens is 1. The smallest absolute Gasteiger partial charge is 0.245 e. The Morgan fingerprint density at radius 1 is 1.48 bits per heavy atom. The first-order valence-corrected chi connectivity index (χ1v) is 7.80. The van der Waals surface area contributed by atoms with Crippen LogP contribution in [0.3, 0.4) is 0 Å².